The molecule has 4 heteroatoms. The van der Waals surface area contributed by atoms with Gasteiger partial charge in [-0.15, -0.1) is 0 Å². The first kappa shape index (κ1) is 10.3. The maximum Gasteiger partial charge on any atom is 0.0675 e. The number of fused-ring (bicyclic) bond motifs is 1. The minimum Gasteiger partial charge on any atom is -0.325 e. The first-order valence-corrected chi connectivity index (χ1v) is 6.37. The number of hydrogen-bond acceptors (Lipinski definition) is 2. The Morgan fingerprint density at radius 1 is 1.44 bits per heavy atom. The van der Waals surface area contributed by atoms with Gasteiger partial charge in [-0.25, -0.2) is 4.52 Å². The third-order valence-electron chi connectivity index (χ3n) is 3.25. The predicted molar refractivity (Wildman–Crippen MR) is 67.4 cm³/mol. The summed E-state index contributed by atoms with van der Waals surface area (Å²) in [4.78, 5) is 0. The molecule has 0 amide bonds. The second-order valence-corrected chi connectivity index (χ2v) is 5.63. The quantitative estimate of drug-likeness (QED) is 0.938. The molecule has 2 aromatic rings. The van der Waals surface area contributed by atoms with Gasteiger partial charge in [-0.1, -0.05) is 15.9 Å². The highest BCUT2D eigenvalue weighted by Gasteiger charge is 2.37. The molecule has 0 unspecified atom stereocenters. The van der Waals surface area contributed by atoms with Crippen molar-refractivity contribution in [3.05, 3.63) is 34.6 Å². The van der Waals surface area contributed by atoms with Crippen LogP contribution in [0.15, 0.2) is 28.9 Å². The van der Waals surface area contributed by atoms with E-state index >= 15 is 0 Å². The summed E-state index contributed by atoms with van der Waals surface area (Å²) in [5.41, 5.74) is 8.46. The van der Waals surface area contributed by atoms with Gasteiger partial charge in [0.1, 0.15) is 0 Å². The number of aryl methyl sites for hydroxylation is 1. The number of nitrogens with zero attached hydrogens (tertiary/aromatic N) is 2. The van der Waals surface area contributed by atoms with Crippen molar-refractivity contribution in [2.45, 2.75) is 31.2 Å². The van der Waals surface area contributed by atoms with Crippen LogP contribution >= 0.6 is 15.9 Å². The molecule has 0 aliphatic heterocycles. The molecule has 0 radical (unpaired) electrons. The van der Waals surface area contributed by atoms with Gasteiger partial charge in [0, 0.05) is 16.2 Å². The highest BCUT2D eigenvalue weighted by molar-refractivity contribution is 9.10. The van der Waals surface area contributed by atoms with E-state index in [9.17, 15) is 0 Å². The van der Waals surface area contributed by atoms with Gasteiger partial charge in [0.15, 0.2) is 0 Å². The molecule has 1 saturated carbocycles. The summed E-state index contributed by atoms with van der Waals surface area (Å²) in [5.74, 6) is 0. The van der Waals surface area contributed by atoms with Crippen LogP contribution in [0.3, 0.4) is 0 Å². The summed E-state index contributed by atoms with van der Waals surface area (Å²) in [6, 6.07) is 6.21. The van der Waals surface area contributed by atoms with Crippen molar-refractivity contribution in [3.8, 4) is 0 Å². The molecule has 84 valence electrons. The van der Waals surface area contributed by atoms with Crippen LogP contribution in [0.25, 0.3) is 5.52 Å². The van der Waals surface area contributed by atoms with Gasteiger partial charge in [0.25, 0.3) is 0 Å². The summed E-state index contributed by atoms with van der Waals surface area (Å²) >= 11 is 3.46. The maximum absolute atomic E-state index is 6.07. The van der Waals surface area contributed by atoms with Crippen LogP contribution in [0.1, 0.15) is 25.0 Å². The van der Waals surface area contributed by atoms with E-state index in [1.807, 2.05) is 16.8 Å². The summed E-state index contributed by atoms with van der Waals surface area (Å²) in [5, 5.41) is 4.52. The number of hydrogen-bond donors (Lipinski definition) is 1. The number of pyridine rings is 1. The number of rotatable bonds is 3. The van der Waals surface area contributed by atoms with Crippen molar-refractivity contribution < 1.29 is 0 Å². The summed E-state index contributed by atoms with van der Waals surface area (Å²) in [6.45, 7) is 0. The fourth-order valence-electron chi connectivity index (χ4n) is 1.93. The Labute approximate surface area is 103 Å². The topological polar surface area (TPSA) is 43.3 Å². The minimum atomic E-state index is 0.121. The minimum absolute atomic E-state index is 0.121. The third kappa shape index (κ3) is 1.99. The van der Waals surface area contributed by atoms with E-state index in [4.69, 9.17) is 5.73 Å². The van der Waals surface area contributed by atoms with Crippen LogP contribution < -0.4 is 5.73 Å². The highest BCUT2D eigenvalue weighted by atomic mass is 79.9. The van der Waals surface area contributed by atoms with Gasteiger partial charge in [0.2, 0.25) is 0 Å². The lowest BCUT2D eigenvalue weighted by atomic mass is 10.1. The van der Waals surface area contributed by atoms with E-state index in [1.165, 1.54) is 12.8 Å². The SMILES string of the molecule is NC1(CCc2cc3cc(Br)ccn3n2)CC1. The Kier molecular flexibility index (Phi) is 2.30. The molecule has 2 aromatic heterocycles. The molecule has 3 rings (SSSR count). The molecule has 16 heavy (non-hydrogen) atoms. The van der Waals surface area contributed by atoms with Crippen LogP contribution in [-0.2, 0) is 6.42 Å². The number of nitrogens with two attached hydrogens (primary N) is 1. The first-order valence-electron chi connectivity index (χ1n) is 5.57. The summed E-state index contributed by atoms with van der Waals surface area (Å²) < 4.78 is 3.00. The Bertz CT molecular complexity index is 528. The lowest BCUT2D eigenvalue weighted by molar-refractivity contribution is 0.601. The smallest absolute Gasteiger partial charge is 0.0675 e. The molecule has 1 fully saturated rings. The lowest BCUT2D eigenvalue weighted by Gasteiger charge is -2.04. The number of aromatic nitrogens is 2. The van der Waals surface area contributed by atoms with Crippen molar-refractivity contribution in [3.63, 3.8) is 0 Å². The Hall–Kier alpha value is -0.870. The third-order valence-corrected chi connectivity index (χ3v) is 3.74. The lowest BCUT2D eigenvalue weighted by Crippen LogP contribution is -2.22. The van der Waals surface area contributed by atoms with Gasteiger partial charge in [0.05, 0.1) is 11.2 Å². The maximum atomic E-state index is 6.07. The van der Waals surface area contributed by atoms with Crippen LogP contribution in [-0.4, -0.2) is 15.2 Å². The normalized spacial score (nSPS) is 17.9. The van der Waals surface area contributed by atoms with Gasteiger partial charge in [-0.3, -0.25) is 0 Å². The van der Waals surface area contributed by atoms with E-state index < -0.39 is 0 Å². The van der Waals surface area contributed by atoms with Crippen LogP contribution in [0.2, 0.25) is 0 Å². The van der Waals surface area contributed by atoms with E-state index in [0.29, 0.717) is 0 Å². The zero-order chi connectivity index (χ0) is 11.2. The second kappa shape index (κ2) is 3.57. The Morgan fingerprint density at radius 2 is 2.25 bits per heavy atom. The molecule has 0 spiro atoms. The van der Waals surface area contributed by atoms with Crippen molar-refractivity contribution in [1.29, 1.82) is 0 Å². The van der Waals surface area contributed by atoms with E-state index in [0.717, 1.165) is 28.5 Å². The molecule has 1 aliphatic carbocycles. The zero-order valence-electron chi connectivity index (χ0n) is 8.99. The van der Waals surface area contributed by atoms with Crippen LogP contribution in [0.4, 0.5) is 0 Å². The van der Waals surface area contributed by atoms with Gasteiger partial charge >= 0.3 is 0 Å². The molecule has 0 saturated heterocycles. The molecule has 2 heterocycles. The fraction of sp³-hybridized carbons (Fsp3) is 0.417. The van der Waals surface area contributed by atoms with Gasteiger partial charge in [-0.2, -0.15) is 5.10 Å². The van der Waals surface area contributed by atoms with Gasteiger partial charge in [-0.05, 0) is 43.9 Å². The molecule has 3 nitrogen and oxygen atoms in total. The molecule has 1 aliphatic rings. The molecular formula is C12H14BrN3. The summed E-state index contributed by atoms with van der Waals surface area (Å²) in [6.07, 6.45) is 6.35. The molecule has 0 bridgehead atoms. The molecule has 0 atom stereocenters. The van der Waals surface area contributed by atoms with E-state index in [2.05, 4.69) is 33.2 Å². The van der Waals surface area contributed by atoms with Crippen LogP contribution in [0, 0.1) is 0 Å². The van der Waals surface area contributed by atoms with Crippen molar-refractivity contribution in [2.24, 2.45) is 5.73 Å². The van der Waals surface area contributed by atoms with Crippen LogP contribution in [0.5, 0.6) is 0 Å². The highest BCUT2D eigenvalue weighted by Crippen LogP contribution is 2.36. The van der Waals surface area contributed by atoms with Gasteiger partial charge < -0.3 is 5.73 Å². The second-order valence-electron chi connectivity index (χ2n) is 4.71. The largest absolute Gasteiger partial charge is 0.325 e. The van der Waals surface area contributed by atoms with E-state index in [-0.39, 0.29) is 5.54 Å². The first-order chi connectivity index (χ1) is 7.65. The average molecular weight is 280 g/mol. The Balaban J connectivity index is 1.82. The van der Waals surface area contributed by atoms with Crippen molar-refractivity contribution in [2.75, 3.05) is 0 Å². The predicted octanol–water partition coefficient (Wildman–Crippen LogP) is 2.52. The van der Waals surface area contributed by atoms with E-state index in [1.54, 1.807) is 0 Å². The van der Waals surface area contributed by atoms with Crippen molar-refractivity contribution in [1.82, 2.24) is 9.61 Å². The average Bonchev–Trinajstić information content (AvgIpc) is 2.85. The van der Waals surface area contributed by atoms with Crippen molar-refractivity contribution >= 4 is 21.4 Å². The zero-order valence-corrected chi connectivity index (χ0v) is 10.6. The fourth-order valence-corrected chi connectivity index (χ4v) is 2.28. The monoisotopic (exact) mass is 279 g/mol. The molecule has 0 aromatic carbocycles. The molecular weight excluding hydrogens is 266 g/mol. The Morgan fingerprint density at radius 3 is 3.00 bits per heavy atom. The molecule has 2 N–H and O–H groups in total. The standard InChI is InChI=1S/C12H14BrN3/c13-9-2-6-16-11(7-9)8-10(15-16)1-3-12(14)4-5-12/h2,6-8H,1,3-5,14H2. The number of halogens is 1. The summed E-state index contributed by atoms with van der Waals surface area (Å²) in [7, 11) is 0.